The molecule has 3 heterocycles. The van der Waals surface area contributed by atoms with Gasteiger partial charge in [0.1, 0.15) is 0 Å². The van der Waals surface area contributed by atoms with Crippen molar-refractivity contribution in [3.63, 3.8) is 0 Å². The van der Waals surface area contributed by atoms with Crippen LogP contribution in [0.2, 0.25) is 0 Å². The normalized spacial score (nSPS) is 14.7. The van der Waals surface area contributed by atoms with Crippen molar-refractivity contribution in [2.75, 3.05) is 0 Å². The molecule has 92 valence electrons. The molecule has 0 saturated carbocycles. The third kappa shape index (κ3) is 2.00. The Morgan fingerprint density at radius 2 is 2.33 bits per heavy atom. The SMILES string of the molecule is O=c1cc(CN2Cc3cccnc3C2)[nH]cc1O. The number of aromatic amines is 1. The van der Waals surface area contributed by atoms with Crippen LogP contribution in [0.15, 0.2) is 35.4 Å². The molecule has 5 nitrogen and oxygen atoms in total. The molecule has 0 spiro atoms. The fraction of sp³-hybridized carbons (Fsp3) is 0.231. The summed E-state index contributed by atoms with van der Waals surface area (Å²) in [6, 6.07) is 5.44. The first-order valence-corrected chi connectivity index (χ1v) is 5.78. The second-order valence-corrected chi connectivity index (χ2v) is 4.46. The maximum absolute atomic E-state index is 11.3. The van der Waals surface area contributed by atoms with E-state index in [0.717, 1.165) is 24.5 Å². The Hall–Kier alpha value is -2.14. The van der Waals surface area contributed by atoms with Gasteiger partial charge in [-0.05, 0) is 11.6 Å². The monoisotopic (exact) mass is 243 g/mol. The maximum atomic E-state index is 11.3. The maximum Gasteiger partial charge on any atom is 0.223 e. The van der Waals surface area contributed by atoms with Gasteiger partial charge in [-0.2, -0.15) is 0 Å². The van der Waals surface area contributed by atoms with Crippen LogP contribution in [-0.4, -0.2) is 20.0 Å². The number of hydrogen-bond acceptors (Lipinski definition) is 4. The molecule has 0 aliphatic carbocycles. The van der Waals surface area contributed by atoms with Crippen molar-refractivity contribution in [3.8, 4) is 5.75 Å². The predicted octanol–water partition coefficient (Wildman–Crippen LogP) is 0.991. The summed E-state index contributed by atoms with van der Waals surface area (Å²) in [6.45, 7) is 2.27. The van der Waals surface area contributed by atoms with Crippen LogP contribution in [0, 0.1) is 0 Å². The van der Waals surface area contributed by atoms with E-state index in [9.17, 15) is 9.90 Å². The average Bonchev–Trinajstić information content (AvgIpc) is 2.76. The molecule has 0 aromatic carbocycles. The average molecular weight is 243 g/mol. The molecule has 2 N–H and O–H groups in total. The van der Waals surface area contributed by atoms with Gasteiger partial charge in [-0.25, -0.2) is 0 Å². The molecular formula is C13H13N3O2. The van der Waals surface area contributed by atoms with E-state index in [2.05, 4.69) is 20.9 Å². The minimum Gasteiger partial charge on any atom is -0.503 e. The fourth-order valence-electron chi connectivity index (χ4n) is 2.22. The summed E-state index contributed by atoms with van der Waals surface area (Å²) >= 11 is 0. The molecule has 5 heteroatoms. The number of hydrogen-bond donors (Lipinski definition) is 2. The van der Waals surface area contributed by atoms with E-state index >= 15 is 0 Å². The Kier molecular flexibility index (Phi) is 2.60. The van der Waals surface area contributed by atoms with Crippen LogP contribution in [0.1, 0.15) is 17.0 Å². The molecule has 0 radical (unpaired) electrons. The lowest BCUT2D eigenvalue weighted by Gasteiger charge is -2.13. The highest BCUT2D eigenvalue weighted by Gasteiger charge is 2.19. The van der Waals surface area contributed by atoms with Gasteiger partial charge < -0.3 is 10.1 Å². The molecule has 0 atom stereocenters. The Morgan fingerprint density at radius 1 is 1.44 bits per heavy atom. The second-order valence-electron chi connectivity index (χ2n) is 4.46. The van der Waals surface area contributed by atoms with Crippen LogP contribution >= 0.6 is 0 Å². The first-order valence-electron chi connectivity index (χ1n) is 5.78. The zero-order valence-corrected chi connectivity index (χ0v) is 9.76. The van der Waals surface area contributed by atoms with Gasteiger partial charge in [0.25, 0.3) is 0 Å². The lowest BCUT2D eigenvalue weighted by molar-refractivity contribution is 0.270. The van der Waals surface area contributed by atoms with Crippen LogP contribution in [0.5, 0.6) is 5.75 Å². The fourth-order valence-corrected chi connectivity index (χ4v) is 2.22. The zero-order valence-electron chi connectivity index (χ0n) is 9.76. The van der Waals surface area contributed by atoms with Crippen molar-refractivity contribution in [1.82, 2.24) is 14.9 Å². The number of fused-ring (bicyclic) bond motifs is 1. The van der Waals surface area contributed by atoms with Gasteiger partial charge in [-0.15, -0.1) is 0 Å². The molecule has 18 heavy (non-hydrogen) atoms. The van der Waals surface area contributed by atoms with E-state index in [-0.39, 0.29) is 11.2 Å². The predicted molar refractivity (Wildman–Crippen MR) is 65.9 cm³/mol. The molecule has 1 aliphatic rings. The Labute approximate surface area is 104 Å². The standard InChI is InChI=1S/C13H13N3O2/c17-12-4-10(15-5-13(12)18)7-16-6-9-2-1-3-14-11(9)8-16/h1-5,18H,6-8H2,(H,15,17). The number of H-pyrrole nitrogens is 1. The van der Waals surface area contributed by atoms with Gasteiger partial charge in [0.05, 0.1) is 5.69 Å². The minimum absolute atomic E-state index is 0.245. The number of nitrogens with one attached hydrogen (secondary N) is 1. The van der Waals surface area contributed by atoms with Crippen LogP contribution in [0.4, 0.5) is 0 Å². The smallest absolute Gasteiger partial charge is 0.223 e. The molecule has 3 rings (SSSR count). The Morgan fingerprint density at radius 3 is 3.11 bits per heavy atom. The van der Waals surface area contributed by atoms with E-state index < -0.39 is 0 Å². The van der Waals surface area contributed by atoms with Gasteiger partial charge in [-0.1, -0.05) is 6.07 Å². The largest absolute Gasteiger partial charge is 0.503 e. The minimum atomic E-state index is -0.349. The van der Waals surface area contributed by atoms with Crippen molar-refractivity contribution in [2.24, 2.45) is 0 Å². The zero-order chi connectivity index (χ0) is 12.5. The van der Waals surface area contributed by atoms with Gasteiger partial charge in [0, 0.05) is 43.8 Å². The quantitative estimate of drug-likeness (QED) is 0.825. The summed E-state index contributed by atoms with van der Waals surface area (Å²) < 4.78 is 0. The topological polar surface area (TPSA) is 69.2 Å². The number of pyridine rings is 2. The molecule has 1 aliphatic heterocycles. The van der Waals surface area contributed by atoms with Gasteiger partial charge in [-0.3, -0.25) is 14.7 Å². The van der Waals surface area contributed by atoms with Gasteiger partial charge >= 0.3 is 0 Å². The van der Waals surface area contributed by atoms with Crippen LogP contribution in [0.3, 0.4) is 0 Å². The summed E-state index contributed by atoms with van der Waals surface area (Å²) in [5.41, 5.74) is 2.78. The summed E-state index contributed by atoms with van der Waals surface area (Å²) in [5, 5.41) is 9.18. The van der Waals surface area contributed by atoms with E-state index in [4.69, 9.17) is 0 Å². The molecule has 0 fully saturated rings. The van der Waals surface area contributed by atoms with Crippen molar-refractivity contribution >= 4 is 0 Å². The van der Waals surface area contributed by atoms with Crippen molar-refractivity contribution < 1.29 is 5.11 Å². The van der Waals surface area contributed by atoms with Crippen molar-refractivity contribution in [1.29, 1.82) is 0 Å². The highest BCUT2D eigenvalue weighted by molar-refractivity contribution is 5.24. The van der Waals surface area contributed by atoms with Crippen molar-refractivity contribution in [2.45, 2.75) is 19.6 Å². The van der Waals surface area contributed by atoms with Gasteiger partial charge in [0.2, 0.25) is 5.43 Å². The van der Waals surface area contributed by atoms with Gasteiger partial charge in [0.15, 0.2) is 5.75 Å². The lowest BCUT2D eigenvalue weighted by atomic mass is 10.2. The number of aromatic hydroxyl groups is 1. The Balaban J connectivity index is 1.76. The number of nitrogens with zero attached hydrogens (tertiary/aromatic N) is 2. The van der Waals surface area contributed by atoms with Crippen LogP contribution < -0.4 is 5.43 Å². The molecule has 2 aromatic rings. The lowest BCUT2D eigenvalue weighted by Crippen LogP contribution is -2.18. The van der Waals surface area contributed by atoms with Crippen molar-refractivity contribution in [3.05, 3.63) is 57.8 Å². The third-order valence-corrected chi connectivity index (χ3v) is 3.10. The van der Waals surface area contributed by atoms with E-state index in [1.165, 1.54) is 17.8 Å². The molecule has 0 amide bonds. The highest BCUT2D eigenvalue weighted by Crippen LogP contribution is 2.21. The molecule has 0 saturated heterocycles. The van der Waals surface area contributed by atoms with E-state index in [0.29, 0.717) is 6.54 Å². The molecule has 0 bridgehead atoms. The highest BCUT2D eigenvalue weighted by atomic mass is 16.3. The first-order chi connectivity index (χ1) is 8.72. The van der Waals surface area contributed by atoms with E-state index in [1.54, 1.807) is 6.20 Å². The third-order valence-electron chi connectivity index (χ3n) is 3.10. The summed E-state index contributed by atoms with van der Waals surface area (Å²) in [7, 11) is 0. The number of aromatic nitrogens is 2. The van der Waals surface area contributed by atoms with Crippen LogP contribution in [-0.2, 0) is 19.6 Å². The second kappa shape index (κ2) is 4.27. The molecular weight excluding hydrogens is 230 g/mol. The summed E-state index contributed by atoms with van der Waals surface area (Å²) in [6.07, 6.45) is 3.13. The number of rotatable bonds is 2. The summed E-state index contributed by atoms with van der Waals surface area (Å²) in [4.78, 5) is 20.8. The van der Waals surface area contributed by atoms with Crippen LogP contribution in [0.25, 0.3) is 0 Å². The molecule has 0 unspecified atom stereocenters. The summed E-state index contributed by atoms with van der Waals surface area (Å²) in [5.74, 6) is -0.245. The molecule has 2 aromatic heterocycles. The Bertz CT molecular complexity index is 611. The first kappa shape index (κ1) is 11.0. The van der Waals surface area contributed by atoms with E-state index in [1.807, 2.05) is 6.07 Å².